The summed E-state index contributed by atoms with van der Waals surface area (Å²) in [6.07, 6.45) is 7.88. The maximum absolute atomic E-state index is 5.44. The number of nitrogens with zero attached hydrogens (tertiary/aromatic N) is 5. The molecule has 4 rings (SSSR count). The molecule has 0 unspecified atom stereocenters. The van der Waals surface area contributed by atoms with Crippen LogP contribution in [-0.2, 0) is 11.3 Å². The average Bonchev–Trinajstić information content (AvgIpc) is 3.32. The summed E-state index contributed by atoms with van der Waals surface area (Å²) in [6.45, 7) is 7.69. The van der Waals surface area contributed by atoms with Gasteiger partial charge in [0.2, 0.25) is 0 Å². The summed E-state index contributed by atoms with van der Waals surface area (Å²) in [7, 11) is 0. The van der Waals surface area contributed by atoms with Crippen LogP contribution >= 0.6 is 0 Å². The fraction of sp³-hybridized carbons (Fsp3) is 0.400. The Balaban J connectivity index is 1.48. The van der Waals surface area contributed by atoms with E-state index in [0.29, 0.717) is 6.04 Å². The van der Waals surface area contributed by atoms with Gasteiger partial charge >= 0.3 is 0 Å². The lowest BCUT2D eigenvalue weighted by atomic mass is 10.2. The van der Waals surface area contributed by atoms with Crippen molar-refractivity contribution in [3.05, 3.63) is 60.8 Å². The van der Waals surface area contributed by atoms with Gasteiger partial charge in [0.15, 0.2) is 0 Å². The highest BCUT2D eigenvalue weighted by Gasteiger charge is 2.17. The van der Waals surface area contributed by atoms with Gasteiger partial charge in [-0.15, -0.1) is 0 Å². The molecule has 1 aromatic carbocycles. The Morgan fingerprint density at radius 1 is 1.12 bits per heavy atom. The van der Waals surface area contributed by atoms with Gasteiger partial charge in [-0.3, -0.25) is 9.58 Å². The second-order valence-electron chi connectivity index (χ2n) is 6.86. The highest BCUT2D eigenvalue weighted by molar-refractivity contribution is 5.56. The minimum Gasteiger partial charge on any atom is -0.379 e. The summed E-state index contributed by atoms with van der Waals surface area (Å²) in [5.74, 6) is 0. The number of ether oxygens (including phenoxy) is 1. The number of rotatable bonds is 6. The molecular formula is C20H25N5O. The van der Waals surface area contributed by atoms with Gasteiger partial charge < -0.3 is 9.30 Å². The number of morpholine rings is 1. The Kier molecular flexibility index (Phi) is 5.13. The van der Waals surface area contributed by atoms with E-state index in [1.165, 1.54) is 5.56 Å². The Labute approximate surface area is 154 Å². The summed E-state index contributed by atoms with van der Waals surface area (Å²) in [6, 6.07) is 10.7. The summed E-state index contributed by atoms with van der Waals surface area (Å²) in [5.41, 5.74) is 3.47. The standard InChI is InChI=1S/C20H25N5O/c1-17(13-23-7-9-26-10-8-23)25-16-21-12-20(25)19-11-22-24(15-19)14-18-5-3-2-4-6-18/h2-6,11-12,15-17H,7-10,13-14H2,1H3/t17-/m1/s1. The summed E-state index contributed by atoms with van der Waals surface area (Å²) < 4.78 is 9.67. The molecule has 2 aromatic heterocycles. The van der Waals surface area contributed by atoms with Gasteiger partial charge in [0.1, 0.15) is 0 Å². The molecule has 1 aliphatic heterocycles. The molecule has 0 spiro atoms. The van der Waals surface area contributed by atoms with Crippen molar-refractivity contribution in [2.45, 2.75) is 19.5 Å². The number of hydrogen-bond acceptors (Lipinski definition) is 4. The van der Waals surface area contributed by atoms with E-state index in [1.54, 1.807) is 0 Å². The molecule has 3 aromatic rings. The van der Waals surface area contributed by atoms with Crippen molar-refractivity contribution >= 4 is 0 Å². The maximum atomic E-state index is 5.44. The average molecular weight is 351 g/mol. The second-order valence-corrected chi connectivity index (χ2v) is 6.86. The van der Waals surface area contributed by atoms with Crippen LogP contribution in [0.4, 0.5) is 0 Å². The lowest BCUT2D eigenvalue weighted by molar-refractivity contribution is 0.0326. The second kappa shape index (κ2) is 7.85. The SMILES string of the molecule is C[C@H](CN1CCOCC1)n1cncc1-c1cnn(Cc2ccccc2)c1. The van der Waals surface area contributed by atoms with Gasteiger partial charge in [0.25, 0.3) is 0 Å². The number of aromatic nitrogens is 4. The van der Waals surface area contributed by atoms with Crippen LogP contribution in [0.1, 0.15) is 18.5 Å². The molecule has 26 heavy (non-hydrogen) atoms. The van der Waals surface area contributed by atoms with Crippen LogP contribution in [0.25, 0.3) is 11.3 Å². The maximum Gasteiger partial charge on any atom is 0.0953 e. The normalized spacial score (nSPS) is 16.7. The molecule has 0 bridgehead atoms. The molecule has 0 N–H and O–H groups in total. The zero-order chi connectivity index (χ0) is 17.8. The fourth-order valence-electron chi connectivity index (χ4n) is 3.48. The highest BCUT2D eigenvalue weighted by atomic mass is 16.5. The van der Waals surface area contributed by atoms with Crippen LogP contribution in [0.3, 0.4) is 0 Å². The predicted molar refractivity (Wildman–Crippen MR) is 101 cm³/mol. The third-order valence-corrected chi connectivity index (χ3v) is 4.88. The first-order chi connectivity index (χ1) is 12.8. The molecule has 0 saturated carbocycles. The van der Waals surface area contributed by atoms with Crippen LogP contribution in [0.5, 0.6) is 0 Å². The van der Waals surface area contributed by atoms with Gasteiger partial charge in [-0.2, -0.15) is 5.10 Å². The minimum atomic E-state index is 0.350. The summed E-state index contributed by atoms with van der Waals surface area (Å²) >= 11 is 0. The molecule has 1 fully saturated rings. The molecular weight excluding hydrogens is 326 g/mol. The summed E-state index contributed by atoms with van der Waals surface area (Å²) in [4.78, 5) is 6.84. The van der Waals surface area contributed by atoms with Crippen molar-refractivity contribution in [2.24, 2.45) is 0 Å². The van der Waals surface area contributed by atoms with E-state index < -0.39 is 0 Å². The van der Waals surface area contributed by atoms with E-state index in [0.717, 1.165) is 50.7 Å². The quantitative estimate of drug-likeness (QED) is 0.685. The van der Waals surface area contributed by atoms with Crippen molar-refractivity contribution in [3.8, 4) is 11.3 Å². The molecule has 0 aliphatic carbocycles. The summed E-state index contributed by atoms with van der Waals surface area (Å²) in [5, 5.41) is 4.53. The first-order valence-corrected chi connectivity index (χ1v) is 9.18. The lowest BCUT2D eigenvalue weighted by Gasteiger charge is -2.30. The van der Waals surface area contributed by atoms with Crippen molar-refractivity contribution in [3.63, 3.8) is 0 Å². The molecule has 1 atom stereocenters. The molecule has 6 heteroatoms. The van der Waals surface area contributed by atoms with E-state index in [1.807, 2.05) is 29.5 Å². The van der Waals surface area contributed by atoms with E-state index in [4.69, 9.17) is 4.74 Å². The van der Waals surface area contributed by atoms with Gasteiger partial charge in [0, 0.05) is 37.4 Å². The third kappa shape index (κ3) is 3.86. The topological polar surface area (TPSA) is 48.1 Å². The molecule has 0 amide bonds. The molecule has 1 aliphatic rings. The predicted octanol–water partition coefficient (Wildman–Crippen LogP) is 2.69. The van der Waals surface area contributed by atoms with Crippen LogP contribution in [0.2, 0.25) is 0 Å². The van der Waals surface area contributed by atoms with Gasteiger partial charge in [0.05, 0.1) is 44.2 Å². The van der Waals surface area contributed by atoms with E-state index in [9.17, 15) is 0 Å². The van der Waals surface area contributed by atoms with Crippen molar-refractivity contribution in [1.29, 1.82) is 0 Å². The zero-order valence-corrected chi connectivity index (χ0v) is 15.2. The molecule has 1 saturated heterocycles. The minimum absolute atomic E-state index is 0.350. The van der Waals surface area contributed by atoms with E-state index in [2.05, 4.69) is 56.9 Å². The number of imidazole rings is 1. The van der Waals surface area contributed by atoms with Gasteiger partial charge in [-0.25, -0.2) is 4.98 Å². The largest absolute Gasteiger partial charge is 0.379 e. The Bertz CT molecular complexity index is 820. The Morgan fingerprint density at radius 3 is 2.73 bits per heavy atom. The van der Waals surface area contributed by atoms with Crippen LogP contribution < -0.4 is 0 Å². The molecule has 3 heterocycles. The lowest BCUT2D eigenvalue weighted by Crippen LogP contribution is -2.39. The highest BCUT2D eigenvalue weighted by Crippen LogP contribution is 2.23. The smallest absolute Gasteiger partial charge is 0.0953 e. The number of benzene rings is 1. The van der Waals surface area contributed by atoms with Crippen LogP contribution in [-0.4, -0.2) is 57.1 Å². The van der Waals surface area contributed by atoms with Crippen LogP contribution in [0, 0.1) is 0 Å². The Morgan fingerprint density at radius 2 is 1.92 bits per heavy atom. The van der Waals surface area contributed by atoms with Crippen molar-refractivity contribution < 1.29 is 4.74 Å². The van der Waals surface area contributed by atoms with Gasteiger partial charge in [-0.1, -0.05) is 30.3 Å². The fourth-order valence-corrected chi connectivity index (χ4v) is 3.48. The monoisotopic (exact) mass is 351 g/mol. The Hall–Kier alpha value is -2.44. The molecule has 0 radical (unpaired) electrons. The first-order valence-electron chi connectivity index (χ1n) is 9.18. The van der Waals surface area contributed by atoms with E-state index in [-0.39, 0.29) is 0 Å². The number of hydrogen-bond donors (Lipinski definition) is 0. The van der Waals surface area contributed by atoms with Crippen LogP contribution in [0.15, 0.2) is 55.2 Å². The third-order valence-electron chi connectivity index (χ3n) is 4.88. The first kappa shape index (κ1) is 17.0. The van der Waals surface area contributed by atoms with Gasteiger partial charge in [-0.05, 0) is 12.5 Å². The molecule has 6 nitrogen and oxygen atoms in total. The van der Waals surface area contributed by atoms with Crippen molar-refractivity contribution in [2.75, 3.05) is 32.8 Å². The van der Waals surface area contributed by atoms with E-state index >= 15 is 0 Å². The zero-order valence-electron chi connectivity index (χ0n) is 15.2. The van der Waals surface area contributed by atoms with Crippen molar-refractivity contribution in [1.82, 2.24) is 24.2 Å². The molecule has 136 valence electrons.